The van der Waals surface area contributed by atoms with Crippen LogP contribution in [-0.4, -0.2) is 61.1 Å². The summed E-state index contributed by atoms with van der Waals surface area (Å²) in [5.41, 5.74) is 0. The third-order valence-electron chi connectivity index (χ3n) is 3.29. The molecule has 128 valence electrons. The predicted octanol–water partition coefficient (Wildman–Crippen LogP) is -0.0450. The lowest BCUT2D eigenvalue weighted by Crippen LogP contribution is -2.60. The van der Waals surface area contributed by atoms with Crippen LogP contribution in [0.4, 0.5) is 0 Å². The highest BCUT2D eigenvalue weighted by Crippen LogP contribution is 2.32. The summed E-state index contributed by atoms with van der Waals surface area (Å²) in [7, 11) is 0. The molecule has 0 bridgehead atoms. The molecule has 0 aliphatic carbocycles. The molecule has 0 aromatic rings. The van der Waals surface area contributed by atoms with Gasteiger partial charge in [0.25, 0.3) is 0 Å². The van der Waals surface area contributed by atoms with E-state index in [1.807, 2.05) is 0 Å². The number of carbonyl (C=O) groups is 3. The van der Waals surface area contributed by atoms with Crippen molar-refractivity contribution in [1.29, 1.82) is 0 Å². The Morgan fingerprint density at radius 1 is 1.04 bits per heavy atom. The van der Waals surface area contributed by atoms with Gasteiger partial charge in [-0.25, -0.2) is 4.99 Å². The van der Waals surface area contributed by atoms with Gasteiger partial charge in [0, 0.05) is 27.7 Å². The van der Waals surface area contributed by atoms with E-state index in [0.717, 1.165) is 0 Å². The summed E-state index contributed by atoms with van der Waals surface area (Å²) in [6, 6.07) is -0.656. The summed E-state index contributed by atoms with van der Waals surface area (Å²) in [5.74, 6) is -1.28. The molecule has 23 heavy (non-hydrogen) atoms. The van der Waals surface area contributed by atoms with Crippen molar-refractivity contribution < 1.29 is 38.1 Å². The van der Waals surface area contributed by atoms with Crippen LogP contribution >= 0.6 is 0 Å². The number of rotatable bonds is 4. The van der Waals surface area contributed by atoms with E-state index in [9.17, 15) is 14.4 Å². The minimum absolute atomic E-state index is 0.170. The van der Waals surface area contributed by atoms with Crippen LogP contribution in [0.5, 0.6) is 0 Å². The molecular weight excluding hydrogens is 310 g/mol. The molecule has 9 heteroatoms. The molecule has 5 atom stereocenters. The minimum atomic E-state index is -0.963. The number of carbonyl (C=O) groups excluding carboxylic acids is 3. The Bertz CT molecular complexity index is 531. The van der Waals surface area contributed by atoms with Gasteiger partial charge in [-0.05, 0) is 0 Å². The second-order valence-corrected chi connectivity index (χ2v) is 5.25. The van der Waals surface area contributed by atoms with Gasteiger partial charge >= 0.3 is 17.9 Å². The molecule has 0 aromatic carbocycles. The van der Waals surface area contributed by atoms with E-state index in [2.05, 4.69) is 4.99 Å². The average molecular weight is 329 g/mol. The summed E-state index contributed by atoms with van der Waals surface area (Å²) in [6.45, 7) is 5.17. The van der Waals surface area contributed by atoms with Crippen LogP contribution in [0.2, 0.25) is 0 Å². The van der Waals surface area contributed by atoms with Gasteiger partial charge in [-0.15, -0.1) is 0 Å². The SMILES string of the molecule is CC(=O)OC[C@H]1OC2OC(C)=NC2[C@@H](OC(C)=O)[C@H]1OC(C)=O. The molecule has 0 radical (unpaired) electrons. The van der Waals surface area contributed by atoms with Crippen molar-refractivity contribution in [2.45, 2.75) is 58.3 Å². The van der Waals surface area contributed by atoms with Crippen LogP contribution in [0.15, 0.2) is 4.99 Å². The first kappa shape index (κ1) is 17.2. The molecule has 0 N–H and O–H groups in total. The Hall–Kier alpha value is -2.16. The van der Waals surface area contributed by atoms with Gasteiger partial charge in [0.2, 0.25) is 6.29 Å². The Morgan fingerprint density at radius 2 is 1.65 bits per heavy atom. The van der Waals surface area contributed by atoms with Crippen molar-refractivity contribution in [2.24, 2.45) is 4.99 Å². The Labute approximate surface area is 132 Å². The monoisotopic (exact) mass is 329 g/mol. The molecule has 0 amide bonds. The second kappa shape index (κ2) is 6.95. The van der Waals surface area contributed by atoms with Crippen molar-refractivity contribution in [3.8, 4) is 0 Å². The lowest BCUT2D eigenvalue weighted by atomic mass is 9.97. The Morgan fingerprint density at radius 3 is 2.22 bits per heavy atom. The number of ether oxygens (including phenoxy) is 5. The number of esters is 3. The van der Waals surface area contributed by atoms with Gasteiger partial charge in [0.1, 0.15) is 12.7 Å². The van der Waals surface area contributed by atoms with Gasteiger partial charge < -0.3 is 23.7 Å². The highest BCUT2D eigenvalue weighted by atomic mass is 16.7. The number of hydrogen-bond donors (Lipinski definition) is 0. The molecular formula is C14H19NO8. The molecule has 2 aliphatic rings. The third-order valence-corrected chi connectivity index (χ3v) is 3.29. The fourth-order valence-electron chi connectivity index (χ4n) is 2.53. The van der Waals surface area contributed by atoms with Gasteiger partial charge in [0.05, 0.1) is 0 Å². The van der Waals surface area contributed by atoms with Crippen molar-refractivity contribution >= 4 is 23.8 Å². The van der Waals surface area contributed by atoms with E-state index < -0.39 is 48.6 Å². The van der Waals surface area contributed by atoms with Crippen LogP contribution in [0.25, 0.3) is 0 Å². The zero-order valence-corrected chi connectivity index (χ0v) is 13.3. The van der Waals surface area contributed by atoms with Crippen LogP contribution in [0.3, 0.4) is 0 Å². The fraction of sp³-hybridized carbons (Fsp3) is 0.714. The zero-order chi connectivity index (χ0) is 17.1. The smallest absolute Gasteiger partial charge is 0.303 e. The predicted molar refractivity (Wildman–Crippen MR) is 74.4 cm³/mol. The van der Waals surface area contributed by atoms with Crippen LogP contribution in [-0.2, 0) is 38.1 Å². The molecule has 1 saturated heterocycles. The number of aliphatic imine (C=N–C) groups is 1. The van der Waals surface area contributed by atoms with E-state index in [4.69, 9.17) is 23.7 Å². The van der Waals surface area contributed by atoms with Gasteiger partial charge in [-0.1, -0.05) is 0 Å². The van der Waals surface area contributed by atoms with Crippen molar-refractivity contribution in [3.05, 3.63) is 0 Å². The molecule has 9 nitrogen and oxygen atoms in total. The quantitative estimate of drug-likeness (QED) is 0.522. The summed E-state index contributed by atoms with van der Waals surface area (Å²) >= 11 is 0. The van der Waals surface area contributed by atoms with Crippen molar-refractivity contribution in [1.82, 2.24) is 0 Å². The molecule has 0 spiro atoms. The minimum Gasteiger partial charge on any atom is -0.463 e. The standard InChI is InChI=1S/C14H19NO8/c1-6-15-11-13(22-9(4)18)12(21-8(3)17)10(5-19-7(2)16)23-14(11)20-6/h10-14H,5H2,1-4H3/t10-,11?,12+,13-,14?/m1/s1. The second-order valence-electron chi connectivity index (χ2n) is 5.25. The molecule has 0 saturated carbocycles. The Balaban J connectivity index is 2.26. The van der Waals surface area contributed by atoms with Gasteiger partial charge in [-0.3, -0.25) is 14.4 Å². The highest BCUT2D eigenvalue weighted by Gasteiger charge is 2.53. The average Bonchev–Trinajstić information content (AvgIpc) is 2.78. The maximum Gasteiger partial charge on any atom is 0.303 e. The molecule has 2 aliphatic heterocycles. The largest absolute Gasteiger partial charge is 0.463 e. The first-order chi connectivity index (χ1) is 10.8. The van der Waals surface area contributed by atoms with E-state index in [1.165, 1.54) is 20.8 Å². The maximum absolute atomic E-state index is 11.4. The number of hydrogen-bond acceptors (Lipinski definition) is 9. The third kappa shape index (κ3) is 4.19. The molecule has 2 unspecified atom stereocenters. The summed E-state index contributed by atoms with van der Waals surface area (Å²) in [6.07, 6.45) is -3.50. The van der Waals surface area contributed by atoms with E-state index in [-0.39, 0.29) is 6.61 Å². The Kier molecular flexibility index (Phi) is 5.19. The lowest BCUT2D eigenvalue weighted by Gasteiger charge is -2.40. The molecule has 2 heterocycles. The fourth-order valence-corrected chi connectivity index (χ4v) is 2.53. The first-order valence-electron chi connectivity index (χ1n) is 7.12. The number of fused-ring (bicyclic) bond motifs is 1. The summed E-state index contributed by atoms with van der Waals surface area (Å²) in [4.78, 5) is 38.1. The van der Waals surface area contributed by atoms with E-state index in [0.29, 0.717) is 5.90 Å². The highest BCUT2D eigenvalue weighted by molar-refractivity contribution is 5.75. The van der Waals surface area contributed by atoms with Crippen LogP contribution in [0.1, 0.15) is 27.7 Å². The van der Waals surface area contributed by atoms with Crippen molar-refractivity contribution in [2.75, 3.05) is 6.61 Å². The van der Waals surface area contributed by atoms with Gasteiger partial charge in [-0.2, -0.15) is 0 Å². The van der Waals surface area contributed by atoms with E-state index >= 15 is 0 Å². The van der Waals surface area contributed by atoms with Crippen LogP contribution in [0, 0.1) is 0 Å². The zero-order valence-electron chi connectivity index (χ0n) is 13.3. The van der Waals surface area contributed by atoms with Gasteiger partial charge in [0.15, 0.2) is 24.1 Å². The summed E-state index contributed by atoms with van der Waals surface area (Å²) < 4.78 is 26.5. The first-order valence-corrected chi connectivity index (χ1v) is 7.12. The lowest BCUT2D eigenvalue weighted by molar-refractivity contribution is -0.249. The topological polar surface area (TPSA) is 110 Å². The molecule has 0 aromatic heterocycles. The van der Waals surface area contributed by atoms with E-state index in [1.54, 1.807) is 6.92 Å². The molecule has 2 rings (SSSR count). The van der Waals surface area contributed by atoms with Crippen molar-refractivity contribution in [3.63, 3.8) is 0 Å². The van der Waals surface area contributed by atoms with Crippen LogP contribution < -0.4 is 0 Å². The number of nitrogens with zero attached hydrogens (tertiary/aromatic N) is 1. The summed E-state index contributed by atoms with van der Waals surface area (Å²) in [5, 5.41) is 0. The molecule has 1 fully saturated rings. The normalized spacial score (nSPS) is 32.2. The maximum atomic E-state index is 11.4.